The summed E-state index contributed by atoms with van der Waals surface area (Å²) in [7, 11) is 1.39. The summed E-state index contributed by atoms with van der Waals surface area (Å²) in [5, 5.41) is 36.2. The van der Waals surface area contributed by atoms with Crippen LogP contribution in [0.4, 0.5) is 34.1 Å². The maximum absolute atomic E-state index is 11.8. The lowest BCUT2D eigenvalue weighted by molar-refractivity contribution is -0.393. The molecule has 2 N–H and O–H groups in total. The van der Waals surface area contributed by atoms with Crippen molar-refractivity contribution in [3.63, 3.8) is 0 Å². The topological polar surface area (TPSA) is 197 Å². The summed E-state index contributed by atoms with van der Waals surface area (Å²) in [6, 6.07) is 4.75. The van der Waals surface area contributed by atoms with E-state index in [4.69, 9.17) is 14.2 Å². The number of benzene rings is 2. The number of rotatable bonds is 13. The molecule has 0 aliphatic rings. The van der Waals surface area contributed by atoms with Crippen LogP contribution in [0.2, 0.25) is 0 Å². The second-order valence-corrected chi connectivity index (χ2v) is 8.39. The van der Waals surface area contributed by atoms with Gasteiger partial charge in [-0.15, -0.1) is 10.2 Å². The van der Waals surface area contributed by atoms with Crippen molar-refractivity contribution in [1.82, 2.24) is 0 Å². The molecule has 15 nitrogen and oxygen atoms in total. The number of nitrogens with zero attached hydrogens (tertiary/aromatic N) is 4. The summed E-state index contributed by atoms with van der Waals surface area (Å²) in [4.78, 5) is 44.3. The first-order chi connectivity index (χ1) is 18.0. The number of nitrogens with one attached hydrogen (secondary N) is 2. The first-order valence-electron chi connectivity index (χ1n) is 11.0. The first kappa shape index (κ1) is 30.0. The maximum Gasteiger partial charge on any atom is 0.304 e. The van der Waals surface area contributed by atoms with Crippen LogP contribution in [0.1, 0.15) is 20.8 Å². The number of nitro benzene ring substituents is 2. The fraction of sp³-hybridized carbons (Fsp3) is 0.364. The van der Waals surface area contributed by atoms with Crippen LogP contribution < -0.4 is 15.4 Å². The second-order valence-electron chi connectivity index (χ2n) is 7.53. The van der Waals surface area contributed by atoms with E-state index in [1.807, 2.05) is 0 Å². The first-order valence-corrected chi connectivity index (χ1v) is 11.8. The number of ether oxygens (including phenoxy) is 3. The highest BCUT2D eigenvalue weighted by molar-refractivity contribution is 9.10. The third kappa shape index (κ3) is 8.45. The van der Waals surface area contributed by atoms with Gasteiger partial charge in [0.05, 0.1) is 52.0 Å². The zero-order valence-electron chi connectivity index (χ0n) is 20.8. The smallest absolute Gasteiger partial charge is 0.304 e. The quantitative estimate of drug-likeness (QED) is 0.137. The van der Waals surface area contributed by atoms with E-state index in [0.717, 1.165) is 12.1 Å². The average Bonchev–Trinajstić information content (AvgIpc) is 2.84. The van der Waals surface area contributed by atoms with Crippen molar-refractivity contribution >= 4 is 61.9 Å². The Bertz CT molecular complexity index is 1250. The van der Waals surface area contributed by atoms with Crippen LogP contribution in [-0.2, 0) is 19.1 Å². The molecule has 0 saturated heterocycles. The average molecular weight is 597 g/mol. The van der Waals surface area contributed by atoms with Crippen molar-refractivity contribution < 1.29 is 33.6 Å². The highest BCUT2D eigenvalue weighted by Crippen LogP contribution is 2.42. The van der Waals surface area contributed by atoms with Gasteiger partial charge in [0.15, 0.2) is 5.69 Å². The van der Waals surface area contributed by atoms with Crippen molar-refractivity contribution in [2.45, 2.75) is 26.9 Å². The maximum atomic E-state index is 11.8. The van der Waals surface area contributed by atoms with Gasteiger partial charge in [0.2, 0.25) is 5.91 Å². The number of carbonyl (C=O) groups is 2. The largest absolute Gasteiger partial charge is 0.495 e. The SMILES string of the molecule is CCOCC(CNc1cc(NC(C)=O)c(N=Nc2c(Br)cc([N+](=O)[O-])cc2[N+](=O)[O-])cc1OC)OC(C)=O. The Kier molecular flexibility index (Phi) is 11.0. The molecule has 38 heavy (non-hydrogen) atoms. The van der Waals surface area contributed by atoms with Crippen molar-refractivity contribution in [2.24, 2.45) is 10.2 Å². The summed E-state index contributed by atoms with van der Waals surface area (Å²) in [5.74, 6) is -0.651. The Hall–Kier alpha value is -4.18. The minimum Gasteiger partial charge on any atom is -0.495 e. The molecule has 2 aromatic rings. The van der Waals surface area contributed by atoms with Crippen molar-refractivity contribution in [2.75, 3.05) is 37.5 Å². The van der Waals surface area contributed by atoms with Gasteiger partial charge in [-0.3, -0.25) is 29.8 Å². The molecule has 0 bridgehead atoms. The van der Waals surface area contributed by atoms with Gasteiger partial charge in [0.25, 0.3) is 5.69 Å². The number of carbonyl (C=O) groups excluding carboxylic acids is 2. The zero-order chi connectivity index (χ0) is 28.4. The monoisotopic (exact) mass is 596 g/mol. The van der Waals surface area contributed by atoms with Crippen LogP contribution in [0.15, 0.2) is 39.0 Å². The number of amides is 1. The molecular formula is C22H25BrN6O9. The summed E-state index contributed by atoms with van der Waals surface area (Å²) < 4.78 is 16.0. The van der Waals surface area contributed by atoms with E-state index in [9.17, 15) is 29.8 Å². The molecule has 2 rings (SSSR count). The minimum atomic E-state index is -0.823. The molecule has 16 heteroatoms. The fourth-order valence-electron chi connectivity index (χ4n) is 3.11. The number of non-ortho nitro benzene ring substituents is 1. The van der Waals surface area contributed by atoms with Crippen LogP contribution in [0.5, 0.6) is 5.75 Å². The summed E-state index contributed by atoms with van der Waals surface area (Å²) in [5.41, 5.74) is -0.754. The van der Waals surface area contributed by atoms with Gasteiger partial charge in [-0.25, -0.2) is 0 Å². The number of anilines is 2. The lowest BCUT2D eigenvalue weighted by atomic mass is 10.2. The Labute approximate surface area is 225 Å². The van der Waals surface area contributed by atoms with Gasteiger partial charge >= 0.3 is 11.7 Å². The number of halogens is 1. The zero-order valence-corrected chi connectivity index (χ0v) is 22.4. The van der Waals surface area contributed by atoms with Gasteiger partial charge in [-0.1, -0.05) is 0 Å². The molecule has 1 amide bonds. The molecule has 0 aliphatic heterocycles. The normalized spacial score (nSPS) is 11.6. The summed E-state index contributed by atoms with van der Waals surface area (Å²) >= 11 is 3.06. The van der Waals surface area contributed by atoms with Crippen molar-refractivity contribution in [1.29, 1.82) is 0 Å². The van der Waals surface area contributed by atoms with Crippen molar-refractivity contribution in [3.8, 4) is 5.75 Å². The number of hydrogen-bond acceptors (Lipinski definition) is 12. The van der Waals surface area contributed by atoms with E-state index < -0.39 is 39.2 Å². The summed E-state index contributed by atoms with van der Waals surface area (Å²) in [6.07, 6.45) is -0.610. The van der Waals surface area contributed by atoms with Crippen LogP contribution in [0.3, 0.4) is 0 Å². The second kappa shape index (κ2) is 13.9. The molecule has 2 aromatic carbocycles. The van der Waals surface area contributed by atoms with Crippen LogP contribution in [0, 0.1) is 20.2 Å². The highest BCUT2D eigenvalue weighted by Gasteiger charge is 2.24. The van der Waals surface area contributed by atoms with E-state index in [-0.39, 0.29) is 40.4 Å². The molecule has 1 unspecified atom stereocenters. The van der Waals surface area contributed by atoms with Gasteiger partial charge in [-0.05, 0) is 28.9 Å². The molecular weight excluding hydrogens is 572 g/mol. The van der Waals surface area contributed by atoms with E-state index in [1.54, 1.807) is 6.92 Å². The van der Waals surface area contributed by atoms with E-state index in [0.29, 0.717) is 12.3 Å². The lowest BCUT2D eigenvalue weighted by Gasteiger charge is -2.20. The lowest BCUT2D eigenvalue weighted by Crippen LogP contribution is -2.30. The predicted octanol–water partition coefficient (Wildman–Crippen LogP) is 5.03. The number of methoxy groups -OCH3 is 1. The fourth-order valence-corrected chi connectivity index (χ4v) is 3.63. The summed E-state index contributed by atoms with van der Waals surface area (Å²) in [6.45, 7) is 5.09. The molecule has 0 heterocycles. The minimum absolute atomic E-state index is 0.0284. The van der Waals surface area contributed by atoms with Gasteiger partial charge in [0, 0.05) is 32.6 Å². The Morgan fingerprint density at radius 2 is 1.79 bits per heavy atom. The van der Waals surface area contributed by atoms with Gasteiger partial charge < -0.3 is 24.8 Å². The van der Waals surface area contributed by atoms with E-state index in [1.165, 1.54) is 33.1 Å². The van der Waals surface area contributed by atoms with Crippen LogP contribution >= 0.6 is 15.9 Å². The molecule has 0 saturated carbocycles. The number of esters is 1. The number of hydrogen-bond donors (Lipinski definition) is 2. The number of azo groups is 1. The van der Waals surface area contributed by atoms with Crippen LogP contribution in [-0.4, -0.2) is 54.7 Å². The third-order valence-electron chi connectivity index (χ3n) is 4.68. The molecule has 204 valence electrons. The molecule has 0 spiro atoms. The molecule has 0 aliphatic carbocycles. The molecule has 0 aromatic heterocycles. The molecule has 0 fully saturated rings. The van der Waals surface area contributed by atoms with Crippen molar-refractivity contribution in [3.05, 3.63) is 49.0 Å². The Morgan fingerprint density at radius 3 is 2.34 bits per heavy atom. The molecule has 0 radical (unpaired) electrons. The van der Waals surface area contributed by atoms with Crippen LogP contribution in [0.25, 0.3) is 0 Å². The van der Waals surface area contributed by atoms with Gasteiger partial charge in [0.1, 0.15) is 17.5 Å². The van der Waals surface area contributed by atoms with E-state index >= 15 is 0 Å². The standard InChI is InChI=1S/C22H25BrN6O9/c1-5-37-11-15(38-13(3)31)10-24-19-8-17(25-12(2)30)18(9-21(19)36-4)26-27-22-16(23)6-14(28(32)33)7-20(22)29(34)35/h6-9,15,24H,5,10-11H2,1-4H3,(H,25,30). The van der Waals surface area contributed by atoms with Gasteiger partial charge in [-0.2, -0.15) is 0 Å². The highest BCUT2D eigenvalue weighted by atomic mass is 79.9. The predicted molar refractivity (Wildman–Crippen MR) is 139 cm³/mol. The third-order valence-corrected chi connectivity index (χ3v) is 5.29. The Morgan fingerprint density at radius 1 is 1.08 bits per heavy atom. The number of nitro groups is 2. The molecule has 1 atom stereocenters. The Balaban J connectivity index is 2.49. The van der Waals surface area contributed by atoms with E-state index in [2.05, 4.69) is 36.8 Å².